The van der Waals surface area contributed by atoms with Crippen LogP contribution in [0, 0.1) is 11.3 Å². The fourth-order valence-electron chi connectivity index (χ4n) is 2.98. The maximum Gasteiger partial charge on any atom is 0.349 e. The molecule has 0 saturated carbocycles. The molecule has 1 N–H and O–H groups in total. The summed E-state index contributed by atoms with van der Waals surface area (Å²) in [6.07, 6.45) is 2.90. The van der Waals surface area contributed by atoms with Gasteiger partial charge in [0.05, 0.1) is 26.5 Å². The SMILES string of the molecule is CCOc1ccccc1OCC(=O)Oc1ccc(/C=C(\C#N)C(=O)NCc2ccco2)cc1OC. The zero-order valence-corrected chi connectivity index (χ0v) is 19.3. The van der Waals surface area contributed by atoms with Crippen LogP contribution in [0.15, 0.2) is 70.9 Å². The Labute approximate surface area is 202 Å². The summed E-state index contributed by atoms with van der Waals surface area (Å²) in [7, 11) is 1.41. The quantitative estimate of drug-likeness (QED) is 0.192. The minimum atomic E-state index is -0.645. The number of methoxy groups -OCH3 is 1. The third-order valence-corrected chi connectivity index (χ3v) is 4.59. The molecule has 0 spiro atoms. The molecule has 0 aliphatic heterocycles. The number of ether oxygens (including phenoxy) is 4. The average molecular weight is 476 g/mol. The van der Waals surface area contributed by atoms with Crippen LogP contribution in [0.2, 0.25) is 0 Å². The number of furan rings is 1. The van der Waals surface area contributed by atoms with Gasteiger partial charge in [-0.1, -0.05) is 18.2 Å². The van der Waals surface area contributed by atoms with Crippen molar-refractivity contribution < 1.29 is 33.0 Å². The van der Waals surface area contributed by atoms with Crippen LogP contribution in [0.3, 0.4) is 0 Å². The molecular weight excluding hydrogens is 452 g/mol. The second kappa shape index (κ2) is 12.5. The molecule has 0 saturated heterocycles. The van der Waals surface area contributed by atoms with E-state index >= 15 is 0 Å². The smallest absolute Gasteiger partial charge is 0.349 e. The number of para-hydroxylation sites is 2. The average Bonchev–Trinajstić information content (AvgIpc) is 3.40. The molecule has 3 rings (SSSR count). The van der Waals surface area contributed by atoms with Gasteiger partial charge in [-0.05, 0) is 55.0 Å². The lowest BCUT2D eigenvalue weighted by Gasteiger charge is -2.12. The fourth-order valence-corrected chi connectivity index (χ4v) is 2.98. The second-order valence-corrected chi connectivity index (χ2v) is 6.98. The van der Waals surface area contributed by atoms with Crippen LogP contribution >= 0.6 is 0 Å². The molecule has 1 aromatic heterocycles. The summed E-state index contributed by atoms with van der Waals surface area (Å²) in [6.45, 7) is 2.12. The van der Waals surface area contributed by atoms with Crippen LogP contribution in [-0.4, -0.2) is 32.2 Å². The summed E-state index contributed by atoms with van der Waals surface area (Å²) in [5, 5.41) is 12.0. The number of rotatable bonds is 11. The largest absolute Gasteiger partial charge is 0.493 e. The Morgan fingerprint density at radius 2 is 1.80 bits per heavy atom. The van der Waals surface area contributed by atoms with E-state index in [0.29, 0.717) is 29.4 Å². The van der Waals surface area contributed by atoms with E-state index < -0.39 is 11.9 Å². The topological polar surface area (TPSA) is 120 Å². The Balaban J connectivity index is 1.64. The summed E-state index contributed by atoms with van der Waals surface area (Å²) in [5.41, 5.74) is 0.401. The van der Waals surface area contributed by atoms with Crippen molar-refractivity contribution in [2.45, 2.75) is 13.5 Å². The molecule has 3 aromatic rings. The normalized spacial score (nSPS) is 10.7. The molecule has 180 valence electrons. The Bertz CT molecular complexity index is 1230. The Kier molecular flexibility index (Phi) is 8.91. The molecule has 0 bridgehead atoms. The van der Waals surface area contributed by atoms with Gasteiger partial charge in [-0.2, -0.15) is 5.26 Å². The van der Waals surface area contributed by atoms with Crippen molar-refractivity contribution in [2.24, 2.45) is 0 Å². The van der Waals surface area contributed by atoms with Crippen molar-refractivity contribution in [3.8, 4) is 29.1 Å². The lowest BCUT2D eigenvalue weighted by molar-refractivity contribution is -0.136. The molecular formula is C26H24N2O7. The van der Waals surface area contributed by atoms with E-state index in [-0.39, 0.29) is 30.2 Å². The number of nitriles is 1. The zero-order chi connectivity index (χ0) is 25.0. The van der Waals surface area contributed by atoms with E-state index in [9.17, 15) is 14.9 Å². The molecule has 0 aliphatic carbocycles. The van der Waals surface area contributed by atoms with Crippen molar-refractivity contribution in [1.29, 1.82) is 5.26 Å². The standard InChI is InChI=1S/C26H24N2O7/c1-3-32-21-8-4-5-9-22(21)34-17-25(29)35-23-11-10-18(14-24(23)31-2)13-19(15-27)26(30)28-16-20-7-6-12-33-20/h4-14H,3,16-17H2,1-2H3,(H,28,30)/b19-13+. The predicted molar refractivity (Wildman–Crippen MR) is 126 cm³/mol. The molecule has 2 aromatic carbocycles. The van der Waals surface area contributed by atoms with E-state index in [1.54, 1.807) is 48.5 Å². The van der Waals surface area contributed by atoms with E-state index in [2.05, 4.69) is 5.32 Å². The molecule has 9 heteroatoms. The zero-order valence-electron chi connectivity index (χ0n) is 19.3. The first-order chi connectivity index (χ1) is 17.0. The van der Waals surface area contributed by atoms with Crippen molar-refractivity contribution in [3.63, 3.8) is 0 Å². The molecule has 0 radical (unpaired) electrons. The predicted octanol–water partition coefficient (Wildman–Crippen LogP) is 3.89. The fraction of sp³-hybridized carbons (Fsp3) is 0.192. The van der Waals surface area contributed by atoms with E-state index in [1.165, 1.54) is 25.5 Å². The van der Waals surface area contributed by atoms with E-state index in [1.807, 2.05) is 13.0 Å². The molecule has 0 aliphatic rings. The highest BCUT2D eigenvalue weighted by molar-refractivity contribution is 6.01. The Morgan fingerprint density at radius 3 is 2.46 bits per heavy atom. The minimum Gasteiger partial charge on any atom is -0.493 e. The lowest BCUT2D eigenvalue weighted by Crippen LogP contribution is -2.23. The number of carbonyl (C=O) groups is 2. The van der Waals surface area contributed by atoms with Crippen molar-refractivity contribution in [1.82, 2.24) is 5.32 Å². The maximum absolute atomic E-state index is 12.3. The van der Waals surface area contributed by atoms with Crippen molar-refractivity contribution in [2.75, 3.05) is 20.3 Å². The van der Waals surface area contributed by atoms with E-state index in [0.717, 1.165) is 0 Å². The molecule has 0 atom stereocenters. The summed E-state index contributed by atoms with van der Waals surface area (Å²) in [5.74, 6) is 0.725. The van der Waals surface area contributed by atoms with Crippen LogP contribution in [0.1, 0.15) is 18.2 Å². The molecule has 9 nitrogen and oxygen atoms in total. The molecule has 0 unspecified atom stereocenters. The van der Waals surface area contributed by atoms with Gasteiger partial charge in [0.15, 0.2) is 29.6 Å². The number of hydrogen-bond acceptors (Lipinski definition) is 8. The number of amides is 1. The van der Waals surface area contributed by atoms with Crippen molar-refractivity contribution in [3.05, 3.63) is 77.8 Å². The molecule has 35 heavy (non-hydrogen) atoms. The number of hydrogen-bond donors (Lipinski definition) is 1. The van der Waals surface area contributed by atoms with Crippen molar-refractivity contribution >= 4 is 18.0 Å². The Hall–Kier alpha value is -4.71. The van der Waals surface area contributed by atoms with Gasteiger partial charge in [-0.3, -0.25) is 4.79 Å². The number of benzene rings is 2. The summed E-state index contributed by atoms with van der Waals surface area (Å²) >= 11 is 0. The number of nitrogens with zero attached hydrogens (tertiary/aromatic N) is 1. The number of nitrogens with one attached hydrogen (secondary N) is 1. The van der Waals surface area contributed by atoms with E-state index in [4.69, 9.17) is 23.4 Å². The van der Waals surface area contributed by atoms with Crippen LogP contribution in [0.5, 0.6) is 23.0 Å². The summed E-state index contributed by atoms with van der Waals surface area (Å²) in [6, 6.07) is 16.9. The molecule has 0 fully saturated rings. The number of carbonyl (C=O) groups excluding carboxylic acids is 2. The van der Waals surface area contributed by atoms with Gasteiger partial charge in [-0.15, -0.1) is 0 Å². The lowest BCUT2D eigenvalue weighted by atomic mass is 10.1. The molecule has 1 amide bonds. The first-order valence-corrected chi connectivity index (χ1v) is 10.7. The van der Waals surface area contributed by atoms with Crippen LogP contribution in [0.25, 0.3) is 6.08 Å². The van der Waals surface area contributed by atoms with Gasteiger partial charge < -0.3 is 28.7 Å². The monoisotopic (exact) mass is 476 g/mol. The minimum absolute atomic E-state index is 0.107. The van der Waals surface area contributed by atoms with Crippen LogP contribution in [0.4, 0.5) is 0 Å². The first kappa shape index (κ1) is 24.9. The highest BCUT2D eigenvalue weighted by Crippen LogP contribution is 2.30. The van der Waals surface area contributed by atoms with Crippen LogP contribution in [-0.2, 0) is 16.1 Å². The van der Waals surface area contributed by atoms with Gasteiger partial charge in [0, 0.05) is 0 Å². The maximum atomic E-state index is 12.3. The van der Waals surface area contributed by atoms with Gasteiger partial charge in [0.1, 0.15) is 17.4 Å². The summed E-state index contributed by atoms with van der Waals surface area (Å²) < 4.78 is 26.8. The Morgan fingerprint density at radius 1 is 1.03 bits per heavy atom. The highest BCUT2D eigenvalue weighted by Gasteiger charge is 2.14. The molecule has 1 heterocycles. The number of esters is 1. The van der Waals surface area contributed by atoms with Gasteiger partial charge in [-0.25, -0.2) is 4.79 Å². The second-order valence-electron chi connectivity index (χ2n) is 6.98. The van der Waals surface area contributed by atoms with Gasteiger partial charge in [0.25, 0.3) is 5.91 Å². The third kappa shape index (κ3) is 7.14. The van der Waals surface area contributed by atoms with Gasteiger partial charge >= 0.3 is 5.97 Å². The summed E-state index contributed by atoms with van der Waals surface area (Å²) in [4.78, 5) is 24.7. The first-order valence-electron chi connectivity index (χ1n) is 10.7. The highest BCUT2D eigenvalue weighted by atomic mass is 16.6. The van der Waals surface area contributed by atoms with Crippen LogP contribution < -0.4 is 24.3 Å². The van der Waals surface area contributed by atoms with Gasteiger partial charge in [0.2, 0.25) is 0 Å². The third-order valence-electron chi connectivity index (χ3n) is 4.59.